The molecule has 35 heavy (non-hydrogen) atoms. The van der Waals surface area contributed by atoms with Gasteiger partial charge in [0, 0.05) is 19.0 Å². The van der Waals surface area contributed by atoms with E-state index in [1.807, 2.05) is 0 Å². The summed E-state index contributed by atoms with van der Waals surface area (Å²) < 4.78 is 18.7. The van der Waals surface area contributed by atoms with Crippen LogP contribution < -0.4 is 5.73 Å². The molecule has 1 aliphatic rings. The van der Waals surface area contributed by atoms with Crippen LogP contribution in [0.2, 0.25) is 0 Å². The molecule has 10 heteroatoms. The molecule has 1 fully saturated rings. The molecule has 10 nitrogen and oxygen atoms in total. The minimum atomic E-state index is -1.50. The Morgan fingerprint density at radius 3 is 1.69 bits per heavy atom. The van der Waals surface area contributed by atoms with E-state index >= 15 is 0 Å². The number of hydrogen-bond acceptors (Lipinski definition) is 10. The number of nitrogens with zero attached hydrogens (tertiary/aromatic N) is 3. The summed E-state index contributed by atoms with van der Waals surface area (Å²) in [5, 5.41) is 4.62. The Hall–Kier alpha value is -0.400. The Morgan fingerprint density at radius 1 is 0.657 bits per heavy atom. The molecule has 1 heterocycles. The molecule has 0 amide bonds. The molecule has 0 aromatic rings. The lowest BCUT2D eigenvalue weighted by molar-refractivity contribution is -0.613. The molecule has 0 aromatic heterocycles. The van der Waals surface area contributed by atoms with Crippen LogP contribution >= 0.6 is 0 Å². The van der Waals surface area contributed by atoms with E-state index in [-0.39, 0.29) is 13.2 Å². The van der Waals surface area contributed by atoms with Crippen molar-refractivity contribution < 1.29 is 28.7 Å². The Labute approximate surface area is 214 Å². The number of hydroxylamine groups is 2. The smallest absolute Gasteiger partial charge is 0.249 e. The number of nitrogens with two attached hydrogens (primary N) is 1. The predicted octanol–water partition coefficient (Wildman–Crippen LogP) is 4.56. The number of rotatable bonds is 22. The van der Waals surface area contributed by atoms with Crippen LogP contribution in [-0.2, 0) is 28.7 Å². The van der Waals surface area contributed by atoms with Gasteiger partial charge >= 0.3 is 0 Å². The molecule has 2 atom stereocenters. The SMILES string of the molecule is CCCCON1CC(COC)(OCCCC)C(N)(OCCCC)N(OCCCC)N1OCCCC. The zero-order valence-electron chi connectivity index (χ0n) is 23.4. The van der Waals surface area contributed by atoms with Crippen LogP contribution in [0.4, 0.5) is 0 Å². The number of hydrazine groups is 2. The summed E-state index contributed by atoms with van der Waals surface area (Å²) in [6.07, 6.45) is 9.35. The highest BCUT2D eigenvalue weighted by Gasteiger charge is 2.65. The molecule has 0 radical (unpaired) electrons. The molecule has 0 aromatic carbocycles. The lowest BCUT2D eigenvalue weighted by atomic mass is 9.96. The largest absolute Gasteiger partial charge is 0.381 e. The first-order valence-corrected chi connectivity index (χ1v) is 13.8. The first-order chi connectivity index (χ1) is 17.0. The second kappa shape index (κ2) is 18.8. The van der Waals surface area contributed by atoms with Crippen molar-refractivity contribution in [2.45, 2.75) is 110 Å². The molecule has 1 rings (SSSR count). The third-order valence-corrected chi connectivity index (χ3v) is 5.90. The fraction of sp³-hybridized carbons (Fsp3) is 1.00. The maximum Gasteiger partial charge on any atom is 0.249 e. The van der Waals surface area contributed by atoms with Crippen LogP contribution in [0.25, 0.3) is 0 Å². The average molecular weight is 507 g/mol. The summed E-state index contributed by atoms with van der Waals surface area (Å²) in [4.78, 5) is 18.7. The maximum atomic E-state index is 7.16. The molecule has 0 aliphatic carbocycles. The molecule has 2 unspecified atom stereocenters. The van der Waals surface area contributed by atoms with E-state index in [9.17, 15) is 0 Å². The standard InChI is InChI=1S/C25H54N4O6/c1-7-12-17-31-24(23-30-6)22-27(33-19-14-9-3)29(35-21-16-11-5)28(34-20-15-10-4)25(24,26)32-18-13-8-2/h7-23,26H2,1-6H3. The summed E-state index contributed by atoms with van der Waals surface area (Å²) >= 11 is 0. The molecule has 2 N–H and O–H groups in total. The van der Waals surface area contributed by atoms with Gasteiger partial charge in [0.2, 0.25) is 5.85 Å². The van der Waals surface area contributed by atoms with Gasteiger partial charge in [-0.05, 0) is 37.3 Å². The quantitative estimate of drug-likeness (QED) is 0.166. The van der Waals surface area contributed by atoms with E-state index in [1.54, 1.807) is 12.3 Å². The summed E-state index contributed by atoms with van der Waals surface area (Å²) in [7, 11) is 1.64. The van der Waals surface area contributed by atoms with Gasteiger partial charge in [0.15, 0.2) is 5.60 Å². The zero-order valence-corrected chi connectivity index (χ0v) is 23.4. The molecule has 0 spiro atoms. The van der Waals surface area contributed by atoms with Crippen molar-refractivity contribution in [3.05, 3.63) is 0 Å². The van der Waals surface area contributed by atoms with E-state index < -0.39 is 11.4 Å². The van der Waals surface area contributed by atoms with Crippen molar-refractivity contribution in [3.63, 3.8) is 0 Å². The number of unbranched alkanes of at least 4 members (excludes halogenated alkanes) is 5. The highest BCUT2D eigenvalue weighted by molar-refractivity contribution is 5.00. The molecular weight excluding hydrogens is 452 g/mol. The Bertz CT molecular complexity index is 520. The lowest BCUT2D eigenvalue weighted by Gasteiger charge is -2.58. The lowest BCUT2D eigenvalue weighted by Crippen LogP contribution is -2.84. The molecule has 0 saturated carbocycles. The van der Waals surface area contributed by atoms with Crippen LogP contribution in [0.15, 0.2) is 0 Å². The summed E-state index contributed by atoms with van der Waals surface area (Å²) in [5.74, 6) is -1.50. The fourth-order valence-corrected chi connectivity index (χ4v) is 3.59. The minimum absolute atomic E-state index is 0.198. The third-order valence-electron chi connectivity index (χ3n) is 5.90. The van der Waals surface area contributed by atoms with E-state index in [0.717, 1.165) is 64.2 Å². The van der Waals surface area contributed by atoms with Gasteiger partial charge in [-0.3, -0.25) is 20.2 Å². The summed E-state index contributed by atoms with van der Waals surface area (Å²) in [6, 6.07) is 0. The zero-order chi connectivity index (χ0) is 26.0. The number of ether oxygens (including phenoxy) is 3. The number of hydrogen-bond donors (Lipinski definition) is 1. The van der Waals surface area contributed by atoms with Crippen LogP contribution in [0.5, 0.6) is 0 Å². The van der Waals surface area contributed by atoms with Gasteiger partial charge in [0.25, 0.3) is 0 Å². The second-order valence-corrected chi connectivity index (χ2v) is 9.12. The van der Waals surface area contributed by atoms with E-state index in [4.69, 9.17) is 34.5 Å². The maximum absolute atomic E-state index is 7.16. The number of methoxy groups -OCH3 is 1. The van der Waals surface area contributed by atoms with Crippen molar-refractivity contribution in [2.24, 2.45) is 5.73 Å². The predicted molar refractivity (Wildman–Crippen MR) is 136 cm³/mol. The highest BCUT2D eigenvalue weighted by atomic mass is 17.0. The molecule has 210 valence electrons. The van der Waals surface area contributed by atoms with Crippen molar-refractivity contribution in [3.8, 4) is 0 Å². The Morgan fingerprint density at radius 2 is 1.14 bits per heavy atom. The van der Waals surface area contributed by atoms with Crippen molar-refractivity contribution in [1.82, 2.24) is 15.6 Å². The van der Waals surface area contributed by atoms with Crippen molar-refractivity contribution >= 4 is 0 Å². The highest BCUT2D eigenvalue weighted by Crippen LogP contribution is 2.38. The average Bonchev–Trinajstić information content (AvgIpc) is 2.84. The van der Waals surface area contributed by atoms with E-state index in [2.05, 4.69) is 34.6 Å². The Balaban J connectivity index is 3.48. The topological polar surface area (TPSA) is 91.1 Å². The third kappa shape index (κ3) is 9.77. The first-order valence-electron chi connectivity index (χ1n) is 13.8. The van der Waals surface area contributed by atoms with Gasteiger partial charge in [0.05, 0.1) is 39.6 Å². The fourth-order valence-electron chi connectivity index (χ4n) is 3.59. The van der Waals surface area contributed by atoms with Crippen LogP contribution in [-0.4, -0.2) is 80.4 Å². The van der Waals surface area contributed by atoms with Gasteiger partial charge in [0.1, 0.15) is 0 Å². The Kier molecular flexibility index (Phi) is 17.5. The van der Waals surface area contributed by atoms with Gasteiger partial charge in [-0.25, -0.2) is 0 Å². The first kappa shape index (κ1) is 32.6. The van der Waals surface area contributed by atoms with Crippen LogP contribution in [0.1, 0.15) is 98.8 Å². The minimum Gasteiger partial charge on any atom is -0.381 e. The van der Waals surface area contributed by atoms with Crippen LogP contribution in [0, 0.1) is 0 Å². The summed E-state index contributed by atoms with van der Waals surface area (Å²) in [5.41, 5.74) is 6.07. The van der Waals surface area contributed by atoms with Gasteiger partial charge in [-0.1, -0.05) is 71.9 Å². The van der Waals surface area contributed by atoms with Crippen molar-refractivity contribution in [1.29, 1.82) is 0 Å². The van der Waals surface area contributed by atoms with E-state index in [1.165, 1.54) is 10.5 Å². The molecule has 0 bridgehead atoms. The molecule has 1 aliphatic heterocycles. The van der Waals surface area contributed by atoms with Crippen LogP contribution in [0.3, 0.4) is 0 Å². The van der Waals surface area contributed by atoms with Gasteiger partial charge < -0.3 is 14.2 Å². The normalized spacial score (nSPS) is 24.4. The van der Waals surface area contributed by atoms with Crippen molar-refractivity contribution in [2.75, 3.05) is 53.3 Å². The molecule has 1 saturated heterocycles. The van der Waals surface area contributed by atoms with Gasteiger partial charge in [-0.15, -0.1) is 0 Å². The monoisotopic (exact) mass is 506 g/mol. The second-order valence-electron chi connectivity index (χ2n) is 9.12. The summed E-state index contributed by atoms with van der Waals surface area (Å²) in [6.45, 7) is 13.5. The van der Waals surface area contributed by atoms with Gasteiger partial charge in [-0.2, -0.15) is 0 Å². The molecular formula is C25H54N4O6. The van der Waals surface area contributed by atoms with E-state index in [0.29, 0.717) is 33.0 Å².